The van der Waals surface area contributed by atoms with Gasteiger partial charge in [0.2, 0.25) is 0 Å². The van der Waals surface area contributed by atoms with Crippen molar-refractivity contribution in [3.8, 4) is 0 Å². The first-order valence-corrected chi connectivity index (χ1v) is 12.2. The Morgan fingerprint density at radius 2 is 1.94 bits per heavy atom. The number of anilines is 2. The van der Waals surface area contributed by atoms with Crippen LogP contribution in [0.3, 0.4) is 0 Å². The average Bonchev–Trinajstić information content (AvgIpc) is 3.25. The molecule has 2 atom stereocenters. The van der Waals surface area contributed by atoms with Crippen molar-refractivity contribution >= 4 is 40.9 Å². The molecule has 2 aromatic carbocycles. The minimum absolute atomic E-state index is 0.0593. The van der Waals surface area contributed by atoms with Gasteiger partial charge in [-0.3, -0.25) is 4.90 Å². The second kappa shape index (κ2) is 10.0. The molecule has 0 spiro atoms. The summed E-state index contributed by atoms with van der Waals surface area (Å²) in [5, 5.41) is 8.36. The molecular formula is C25H32Cl2N4O. The van der Waals surface area contributed by atoms with Crippen LogP contribution in [-0.2, 0) is 4.79 Å². The number of piperazine rings is 1. The molecule has 2 heterocycles. The molecule has 0 bridgehead atoms. The number of nitrogens with zero attached hydrogens (tertiary/aromatic N) is 2. The van der Waals surface area contributed by atoms with Crippen LogP contribution in [0.5, 0.6) is 0 Å². The quantitative estimate of drug-likeness (QED) is 0.557. The largest absolute Gasteiger partial charge is 0.378 e. The molecule has 2 N–H and O–H groups in total. The van der Waals surface area contributed by atoms with Gasteiger partial charge in [0.05, 0.1) is 11.6 Å². The summed E-state index contributed by atoms with van der Waals surface area (Å²) in [6.45, 7) is 9.82. The van der Waals surface area contributed by atoms with Crippen molar-refractivity contribution in [3.05, 3.63) is 57.6 Å². The summed E-state index contributed by atoms with van der Waals surface area (Å²) in [6.07, 6.45) is 3.15. The molecular weight excluding hydrogens is 443 g/mol. The second-order valence-electron chi connectivity index (χ2n) is 9.10. The SMILES string of the molecule is Cc1ccc(N2CCN(CC3(C=O)CCCN3)CC2)cc1NC(C)c1ccc(Cl)cc1Cl. The first kappa shape index (κ1) is 23.4. The Balaban J connectivity index is 1.40. The lowest BCUT2D eigenvalue weighted by Crippen LogP contribution is -2.56. The van der Waals surface area contributed by atoms with Crippen LogP contribution in [0.1, 0.15) is 36.9 Å². The monoisotopic (exact) mass is 474 g/mol. The van der Waals surface area contributed by atoms with Crippen molar-refractivity contribution in [1.29, 1.82) is 0 Å². The topological polar surface area (TPSA) is 47.6 Å². The molecule has 172 valence electrons. The smallest absolute Gasteiger partial charge is 0.141 e. The fourth-order valence-electron chi connectivity index (χ4n) is 4.79. The predicted molar refractivity (Wildman–Crippen MR) is 134 cm³/mol. The molecule has 2 aliphatic heterocycles. The van der Waals surface area contributed by atoms with Crippen molar-refractivity contribution in [3.63, 3.8) is 0 Å². The fraction of sp³-hybridized carbons (Fsp3) is 0.480. The lowest BCUT2D eigenvalue weighted by molar-refractivity contribution is -0.113. The molecule has 2 fully saturated rings. The number of carbonyl (C=O) groups excluding carboxylic acids is 1. The van der Waals surface area contributed by atoms with E-state index in [1.54, 1.807) is 6.07 Å². The number of nitrogens with one attached hydrogen (secondary N) is 2. The lowest BCUT2D eigenvalue weighted by atomic mass is 9.98. The minimum atomic E-state index is -0.345. The van der Waals surface area contributed by atoms with Crippen molar-refractivity contribution < 1.29 is 4.79 Å². The minimum Gasteiger partial charge on any atom is -0.378 e. The van der Waals surface area contributed by atoms with Gasteiger partial charge in [0, 0.05) is 54.1 Å². The maximum atomic E-state index is 11.7. The molecule has 32 heavy (non-hydrogen) atoms. The highest BCUT2D eigenvalue weighted by molar-refractivity contribution is 6.35. The third-order valence-electron chi connectivity index (χ3n) is 6.77. The Labute approximate surface area is 201 Å². The van der Waals surface area contributed by atoms with E-state index in [1.165, 1.54) is 11.3 Å². The van der Waals surface area contributed by atoms with Crippen LogP contribution >= 0.6 is 23.2 Å². The molecule has 2 aromatic rings. The van der Waals surface area contributed by atoms with E-state index < -0.39 is 0 Å². The Kier molecular flexibility index (Phi) is 7.30. The van der Waals surface area contributed by atoms with E-state index in [-0.39, 0.29) is 11.6 Å². The van der Waals surface area contributed by atoms with Crippen LogP contribution in [0.25, 0.3) is 0 Å². The van der Waals surface area contributed by atoms with Gasteiger partial charge in [0.15, 0.2) is 0 Å². The van der Waals surface area contributed by atoms with Gasteiger partial charge in [-0.2, -0.15) is 0 Å². The zero-order valence-electron chi connectivity index (χ0n) is 18.8. The summed E-state index contributed by atoms with van der Waals surface area (Å²) in [5.74, 6) is 0. The zero-order valence-corrected chi connectivity index (χ0v) is 20.3. The van der Waals surface area contributed by atoms with Gasteiger partial charge in [0.1, 0.15) is 6.29 Å². The summed E-state index contributed by atoms with van der Waals surface area (Å²) in [7, 11) is 0. The van der Waals surface area contributed by atoms with Crippen LogP contribution in [0.2, 0.25) is 10.0 Å². The number of benzene rings is 2. The number of halogens is 2. The van der Waals surface area contributed by atoms with Gasteiger partial charge < -0.3 is 20.3 Å². The van der Waals surface area contributed by atoms with Gasteiger partial charge in [0.25, 0.3) is 0 Å². The number of hydrogen-bond donors (Lipinski definition) is 2. The van der Waals surface area contributed by atoms with Crippen LogP contribution in [-0.4, -0.2) is 56.0 Å². The fourth-order valence-corrected chi connectivity index (χ4v) is 5.36. The number of rotatable bonds is 7. The van der Waals surface area contributed by atoms with E-state index in [0.717, 1.165) is 69.6 Å². The molecule has 2 unspecified atom stereocenters. The average molecular weight is 475 g/mol. The standard InChI is InChI=1S/C25H32Cl2N4O/c1-18-4-6-21(15-24(18)29-19(2)22-7-5-20(26)14-23(22)27)31-12-10-30(11-13-31)16-25(17-32)8-3-9-28-25/h4-7,14-15,17,19,28-29H,3,8-13,16H2,1-2H3. The first-order valence-electron chi connectivity index (χ1n) is 11.4. The molecule has 0 aliphatic carbocycles. The van der Waals surface area contributed by atoms with Crippen molar-refractivity contribution in [1.82, 2.24) is 10.2 Å². The summed E-state index contributed by atoms with van der Waals surface area (Å²) in [6, 6.07) is 12.3. The maximum Gasteiger partial charge on any atom is 0.141 e. The molecule has 2 aliphatic rings. The van der Waals surface area contributed by atoms with Gasteiger partial charge >= 0.3 is 0 Å². The van der Waals surface area contributed by atoms with E-state index >= 15 is 0 Å². The molecule has 5 nitrogen and oxygen atoms in total. The molecule has 0 aromatic heterocycles. The highest BCUT2D eigenvalue weighted by Gasteiger charge is 2.35. The maximum absolute atomic E-state index is 11.7. The number of hydrogen-bond acceptors (Lipinski definition) is 5. The number of carbonyl (C=O) groups is 1. The van der Waals surface area contributed by atoms with Crippen LogP contribution in [0.4, 0.5) is 11.4 Å². The molecule has 0 amide bonds. The summed E-state index contributed by atoms with van der Waals surface area (Å²) < 4.78 is 0. The molecule has 2 saturated heterocycles. The van der Waals surface area contributed by atoms with Crippen molar-refractivity contribution in [2.75, 3.05) is 49.5 Å². The van der Waals surface area contributed by atoms with E-state index in [0.29, 0.717) is 10.0 Å². The summed E-state index contributed by atoms with van der Waals surface area (Å²) in [5.41, 5.74) is 4.21. The highest BCUT2D eigenvalue weighted by atomic mass is 35.5. The van der Waals surface area contributed by atoms with E-state index in [4.69, 9.17) is 23.2 Å². The molecule has 7 heteroatoms. The Morgan fingerprint density at radius 1 is 1.16 bits per heavy atom. The zero-order chi connectivity index (χ0) is 22.7. The van der Waals surface area contributed by atoms with E-state index in [9.17, 15) is 4.79 Å². The Bertz CT molecular complexity index is 953. The summed E-state index contributed by atoms with van der Waals surface area (Å²) >= 11 is 12.5. The first-order chi connectivity index (χ1) is 15.4. The van der Waals surface area contributed by atoms with Gasteiger partial charge in [-0.25, -0.2) is 0 Å². The normalized spacial score (nSPS) is 22.7. The van der Waals surface area contributed by atoms with Crippen LogP contribution in [0, 0.1) is 6.92 Å². The highest BCUT2D eigenvalue weighted by Crippen LogP contribution is 2.31. The third kappa shape index (κ3) is 5.23. The van der Waals surface area contributed by atoms with Gasteiger partial charge in [-0.15, -0.1) is 0 Å². The van der Waals surface area contributed by atoms with E-state index in [1.807, 2.05) is 12.1 Å². The molecule has 4 rings (SSSR count). The van der Waals surface area contributed by atoms with Gasteiger partial charge in [-0.05, 0) is 68.6 Å². The van der Waals surface area contributed by atoms with Gasteiger partial charge in [-0.1, -0.05) is 35.3 Å². The molecule has 0 radical (unpaired) electrons. The lowest BCUT2D eigenvalue weighted by Gasteiger charge is -2.39. The second-order valence-corrected chi connectivity index (χ2v) is 9.94. The van der Waals surface area contributed by atoms with Crippen LogP contribution < -0.4 is 15.5 Å². The Hall–Kier alpha value is -1.79. The Morgan fingerprint density at radius 3 is 2.59 bits per heavy atom. The third-order valence-corrected chi connectivity index (χ3v) is 7.33. The van der Waals surface area contributed by atoms with Crippen molar-refractivity contribution in [2.45, 2.75) is 38.3 Å². The number of aldehydes is 1. The molecule has 0 saturated carbocycles. The number of aryl methyl sites for hydroxylation is 1. The van der Waals surface area contributed by atoms with Crippen molar-refractivity contribution in [2.24, 2.45) is 0 Å². The van der Waals surface area contributed by atoms with Crippen LogP contribution in [0.15, 0.2) is 36.4 Å². The predicted octanol–water partition coefficient (Wildman–Crippen LogP) is 4.92. The van der Waals surface area contributed by atoms with E-state index in [2.05, 4.69) is 52.5 Å². The summed E-state index contributed by atoms with van der Waals surface area (Å²) in [4.78, 5) is 16.5.